The lowest BCUT2D eigenvalue weighted by Gasteiger charge is -2.28. The molecule has 2 aliphatic rings. The number of carbonyl (C=O) groups is 1. The summed E-state index contributed by atoms with van der Waals surface area (Å²) < 4.78 is 32.1. The third-order valence-electron chi connectivity index (χ3n) is 3.82. The summed E-state index contributed by atoms with van der Waals surface area (Å²) in [4.78, 5) is 14.8. The van der Waals surface area contributed by atoms with E-state index in [2.05, 4.69) is 5.32 Å². The van der Waals surface area contributed by atoms with E-state index in [4.69, 9.17) is 4.74 Å². The maximum Gasteiger partial charge on any atom is 0.265 e. The van der Waals surface area contributed by atoms with Crippen LogP contribution in [0.25, 0.3) is 0 Å². The van der Waals surface area contributed by atoms with Crippen LogP contribution in [0.5, 0.6) is 0 Å². The Morgan fingerprint density at radius 1 is 1.18 bits per heavy atom. The van der Waals surface area contributed by atoms with Crippen molar-refractivity contribution in [2.75, 3.05) is 52.5 Å². The van der Waals surface area contributed by atoms with Crippen molar-refractivity contribution in [1.82, 2.24) is 14.5 Å². The van der Waals surface area contributed by atoms with Crippen molar-refractivity contribution in [2.45, 2.75) is 4.90 Å². The Balaban J connectivity index is 1.86. The van der Waals surface area contributed by atoms with Gasteiger partial charge in [-0.2, -0.15) is 4.31 Å². The molecule has 2 fully saturated rings. The summed E-state index contributed by atoms with van der Waals surface area (Å²) in [7, 11) is -3.63. The summed E-state index contributed by atoms with van der Waals surface area (Å²) in [6, 6.07) is 1.53. The minimum Gasteiger partial charge on any atom is -0.379 e. The molecule has 3 rings (SSSR count). The number of piperazine rings is 1. The first-order valence-corrected chi connectivity index (χ1v) is 9.58. The van der Waals surface area contributed by atoms with E-state index in [1.807, 2.05) is 0 Å². The minimum atomic E-state index is -3.63. The number of ether oxygens (including phenoxy) is 1. The number of hydrogen-bond acceptors (Lipinski definition) is 6. The second kappa shape index (κ2) is 6.63. The van der Waals surface area contributed by atoms with Gasteiger partial charge >= 0.3 is 0 Å². The molecule has 2 aliphatic heterocycles. The lowest BCUT2D eigenvalue weighted by Crippen LogP contribution is -2.46. The van der Waals surface area contributed by atoms with Gasteiger partial charge in [0.05, 0.1) is 13.2 Å². The highest BCUT2D eigenvalue weighted by atomic mass is 32.2. The highest BCUT2D eigenvalue weighted by Crippen LogP contribution is 2.27. The largest absolute Gasteiger partial charge is 0.379 e. The third kappa shape index (κ3) is 3.04. The van der Waals surface area contributed by atoms with E-state index in [0.29, 0.717) is 44.3 Å². The number of rotatable bonds is 3. The van der Waals surface area contributed by atoms with Crippen molar-refractivity contribution in [2.24, 2.45) is 0 Å². The summed E-state index contributed by atoms with van der Waals surface area (Å²) in [5.74, 6) is -0.191. The lowest BCUT2D eigenvalue weighted by atomic mass is 10.3. The van der Waals surface area contributed by atoms with Crippen LogP contribution in [0.4, 0.5) is 0 Å². The molecule has 0 saturated carbocycles. The summed E-state index contributed by atoms with van der Waals surface area (Å²) in [5, 5.41) is 4.85. The number of morpholine rings is 1. The molecule has 0 unspecified atom stereocenters. The van der Waals surface area contributed by atoms with Crippen LogP contribution in [0.15, 0.2) is 16.3 Å². The molecule has 3 heterocycles. The summed E-state index contributed by atoms with van der Waals surface area (Å²) >= 11 is 1.19. The van der Waals surface area contributed by atoms with Gasteiger partial charge in [-0.3, -0.25) is 4.79 Å². The van der Waals surface area contributed by atoms with Gasteiger partial charge in [0, 0.05) is 39.3 Å². The van der Waals surface area contributed by atoms with E-state index >= 15 is 0 Å². The molecule has 122 valence electrons. The first-order valence-electron chi connectivity index (χ1n) is 7.26. The number of thiophene rings is 1. The van der Waals surface area contributed by atoms with Crippen LogP contribution >= 0.6 is 11.3 Å². The minimum absolute atomic E-state index is 0.128. The molecule has 2 saturated heterocycles. The number of nitrogens with one attached hydrogen (secondary N) is 1. The SMILES string of the molecule is O=C(c1sccc1S(=O)(=O)N1CCOCC1)N1CCNCC1. The average Bonchev–Trinajstić information content (AvgIpc) is 3.06. The van der Waals surface area contributed by atoms with Crippen LogP contribution in [0.3, 0.4) is 0 Å². The zero-order valence-corrected chi connectivity index (χ0v) is 13.8. The van der Waals surface area contributed by atoms with Crippen LogP contribution in [0, 0.1) is 0 Å². The Kier molecular flexibility index (Phi) is 4.79. The van der Waals surface area contributed by atoms with Crippen molar-refractivity contribution in [3.63, 3.8) is 0 Å². The number of nitrogens with zero attached hydrogens (tertiary/aromatic N) is 2. The normalized spacial score (nSPS) is 21.0. The molecule has 22 heavy (non-hydrogen) atoms. The fraction of sp³-hybridized carbons (Fsp3) is 0.615. The smallest absolute Gasteiger partial charge is 0.265 e. The molecule has 9 heteroatoms. The highest BCUT2D eigenvalue weighted by molar-refractivity contribution is 7.89. The number of sulfonamides is 1. The van der Waals surface area contributed by atoms with Crippen LogP contribution in [0.1, 0.15) is 9.67 Å². The molecule has 0 aliphatic carbocycles. The predicted molar refractivity (Wildman–Crippen MR) is 82.7 cm³/mol. The van der Waals surface area contributed by atoms with Crippen molar-refractivity contribution in [3.05, 3.63) is 16.3 Å². The van der Waals surface area contributed by atoms with Gasteiger partial charge in [0.2, 0.25) is 10.0 Å². The molecule has 1 amide bonds. The molecule has 0 radical (unpaired) electrons. The molecule has 1 aromatic heterocycles. The first kappa shape index (κ1) is 15.9. The van der Waals surface area contributed by atoms with Gasteiger partial charge in [-0.15, -0.1) is 11.3 Å². The zero-order valence-electron chi connectivity index (χ0n) is 12.2. The van der Waals surface area contributed by atoms with Crippen LogP contribution < -0.4 is 5.32 Å². The molecule has 1 aromatic rings. The van der Waals surface area contributed by atoms with Gasteiger partial charge in [0.15, 0.2) is 0 Å². The molecule has 0 bridgehead atoms. The maximum atomic E-state index is 12.8. The van der Waals surface area contributed by atoms with Crippen molar-refractivity contribution >= 4 is 27.3 Å². The number of amides is 1. The van der Waals surface area contributed by atoms with Gasteiger partial charge in [-0.05, 0) is 11.4 Å². The molecule has 1 N–H and O–H groups in total. The van der Waals surface area contributed by atoms with E-state index in [0.717, 1.165) is 13.1 Å². The van der Waals surface area contributed by atoms with E-state index in [9.17, 15) is 13.2 Å². The van der Waals surface area contributed by atoms with Crippen LogP contribution in [-0.2, 0) is 14.8 Å². The van der Waals surface area contributed by atoms with Crippen LogP contribution in [-0.4, -0.2) is 76.0 Å². The Morgan fingerprint density at radius 2 is 1.86 bits per heavy atom. The molecule has 0 spiro atoms. The number of hydrogen-bond donors (Lipinski definition) is 1. The van der Waals surface area contributed by atoms with Crippen molar-refractivity contribution in [1.29, 1.82) is 0 Å². The summed E-state index contributed by atoms with van der Waals surface area (Å²) in [5.41, 5.74) is 0. The molecule has 0 atom stereocenters. The summed E-state index contributed by atoms with van der Waals surface area (Å²) in [6.45, 7) is 4.14. The average molecular weight is 345 g/mol. The third-order valence-corrected chi connectivity index (χ3v) is 6.79. The van der Waals surface area contributed by atoms with Crippen molar-refractivity contribution in [3.8, 4) is 0 Å². The maximum absolute atomic E-state index is 12.8. The van der Waals surface area contributed by atoms with Gasteiger partial charge in [0.25, 0.3) is 5.91 Å². The van der Waals surface area contributed by atoms with E-state index in [1.165, 1.54) is 21.7 Å². The quantitative estimate of drug-likeness (QED) is 0.822. The fourth-order valence-corrected chi connectivity index (χ4v) is 5.36. The van der Waals surface area contributed by atoms with E-state index < -0.39 is 10.0 Å². The van der Waals surface area contributed by atoms with Gasteiger partial charge in [-0.1, -0.05) is 0 Å². The molecule has 7 nitrogen and oxygen atoms in total. The predicted octanol–water partition coefficient (Wildman–Crippen LogP) is -0.186. The van der Waals surface area contributed by atoms with Gasteiger partial charge < -0.3 is 15.0 Å². The lowest BCUT2D eigenvalue weighted by molar-refractivity contribution is 0.0721. The Morgan fingerprint density at radius 3 is 2.55 bits per heavy atom. The zero-order chi connectivity index (χ0) is 15.6. The Hall–Kier alpha value is -1.00. The van der Waals surface area contributed by atoms with E-state index in [-0.39, 0.29) is 10.8 Å². The second-order valence-electron chi connectivity index (χ2n) is 5.17. The molecule has 0 aromatic carbocycles. The van der Waals surface area contributed by atoms with E-state index in [1.54, 1.807) is 10.3 Å². The standard InChI is InChI=1S/C13H19N3O4S2/c17-13(15-4-2-14-3-5-15)12-11(1-10-21-12)22(18,19)16-6-8-20-9-7-16/h1,10,14H,2-9H2. The fourth-order valence-electron chi connectivity index (χ4n) is 2.59. The van der Waals surface area contributed by atoms with Crippen LogP contribution in [0.2, 0.25) is 0 Å². The Bertz CT molecular complexity index is 631. The van der Waals surface area contributed by atoms with Gasteiger partial charge in [0.1, 0.15) is 9.77 Å². The topological polar surface area (TPSA) is 79.0 Å². The molecular weight excluding hydrogens is 326 g/mol. The second-order valence-corrected chi connectivity index (χ2v) is 8.00. The van der Waals surface area contributed by atoms with Crippen molar-refractivity contribution < 1.29 is 17.9 Å². The Labute approximate surface area is 133 Å². The summed E-state index contributed by atoms with van der Waals surface area (Å²) in [6.07, 6.45) is 0. The van der Waals surface area contributed by atoms with Gasteiger partial charge in [-0.25, -0.2) is 8.42 Å². The highest BCUT2D eigenvalue weighted by Gasteiger charge is 2.32. The number of carbonyl (C=O) groups excluding carboxylic acids is 1. The first-order chi connectivity index (χ1) is 10.6. The monoisotopic (exact) mass is 345 g/mol. The molecular formula is C13H19N3O4S2.